The minimum Gasteiger partial charge on any atom is -0.494 e. The normalized spacial score (nSPS) is 15.1. The molecule has 0 N–H and O–H groups in total. The van der Waals surface area contributed by atoms with Gasteiger partial charge < -0.3 is 14.2 Å². The highest BCUT2D eigenvalue weighted by Gasteiger charge is 2.35. The first kappa shape index (κ1) is 25.8. The van der Waals surface area contributed by atoms with Crippen LogP contribution in [0.1, 0.15) is 45.6 Å². The lowest BCUT2D eigenvalue weighted by Gasteiger charge is -2.27. The number of rotatable bonds is 12. The van der Waals surface area contributed by atoms with Gasteiger partial charge in [-0.25, -0.2) is 0 Å². The summed E-state index contributed by atoms with van der Waals surface area (Å²) in [6.45, 7) is 5.96. The standard InChI is InChI=1S/C25H30N2O6/c1-4-5-6-12-33-21-9-7-20(8-10-21)16-22-18(2)23(17-26)25(30)27(24(22)29)11-13-31-14-15-32-19(3)28/h7-10,16H,4-6,11-15H2,1-3H3/b22-16+. The molecule has 2 rings (SSSR count). The zero-order valence-corrected chi connectivity index (χ0v) is 19.4. The topological polar surface area (TPSA) is 106 Å². The van der Waals surface area contributed by atoms with Crippen LogP contribution in [0, 0.1) is 11.3 Å². The van der Waals surface area contributed by atoms with Gasteiger partial charge >= 0.3 is 5.97 Å². The molecule has 0 spiro atoms. The van der Waals surface area contributed by atoms with Gasteiger partial charge in [0.25, 0.3) is 11.8 Å². The Kier molecular flexibility index (Phi) is 10.3. The van der Waals surface area contributed by atoms with E-state index in [4.69, 9.17) is 14.2 Å². The van der Waals surface area contributed by atoms with E-state index < -0.39 is 17.8 Å². The molecule has 0 saturated carbocycles. The van der Waals surface area contributed by atoms with Crippen LogP contribution in [-0.2, 0) is 23.9 Å². The Bertz CT molecular complexity index is 956. The smallest absolute Gasteiger partial charge is 0.302 e. The summed E-state index contributed by atoms with van der Waals surface area (Å²) < 4.78 is 15.8. The molecule has 2 amide bonds. The summed E-state index contributed by atoms with van der Waals surface area (Å²) in [5.74, 6) is -0.794. The Hall–Kier alpha value is -3.44. The summed E-state index contributed by atoms with van der Waals surface area (Å²) in [6.07, 6.45) is 4.90. The van der Waals surface area contributed by atoms with Gasteiger partial charge in [0, 0.05) is 12.5 Å². The van der Waals surface area contributed by atoms with Gasteiger partial charge in [-0.1, -0.05) is 31.9 Å². The fourth-order valence-corrected chi connectivity index (χ4v) is 3.20. The molecule has 8 nitrogen and oxygen atoms in total. The fraction of sp³-hybridized carbons (Fsp3) is 0.440. The number of esters is 1. The Morgan fingerprint density at radius 2 is 1.79 bits per heavy atom. The molecule has 0 radical (unpaired) electrons. The van der Waals surface area contributed by atoms with E-state index in [-0.39, 0.29) is 37.5 Å². The van der Waals surface area contributed by atoms with E-state index in [2.05, 4.69) is 6.92 Å². The summed E-state index contributed by atoms with van der Waals surface area (Å²) in [7, 11) is 0. The quantitative estimate of drug-likeness (QED) is 0.206. The molecule has 0 fully saturated rings. The van der Waals surface area contributed by atoms with Gasteiger partial charge in [-0.2, -0.15) is 5.26 Å². The number of amides is 2. The average Bonchev–Trinajstić information content (AvgIpc) is 2.79. The number of nitrogens with zero attached hydrogens (tertiary/aromatic N) is 2. The molecule has 1 aromatic carbocycles. The van der Waals surface area contributed by atoms with E-state index >= 15 is 0 Å². The van der Waals surface area contributed by atoms with Crippen molar-refractivity contribution in [3.05, 3.63) is 46.5 Å². The van der Waals surface area contributed by atoms with Crippen molar-refractivity contribution in [3.63, 3.8) is 0 Å². The Morgan fingerprint density at radius 3 is 2.42 bits per heavy atom. The summed E-state index contributed by atoms with van der Waals surface area (Å²) in [4.78, 5) is 37.4. The monoisotopic (exact) mass is 454 g/mol. The molecule has 1 heterocycles. The van der Waals surface area contributed by atoms with Crippen molar-refractivity contribution >= 4 is 23.9 Å². The van der Waals surface area contributed by atoms with Gasteiger partial charge in [-0.15, -0.1) is 0 Å². The maximum absolute atomic E-state index is 13.0. The lowest BCUT2D eigenvalue weighted by atomic mass is 9.93. The molecule has 0 bridgehead atoms. The van der Waals surface area contributed by atoms with E-state index in [1.165, 1.54) is 6.92 Å². The van der Waals surface area contributed by atoms with Crippen LogP contribution in [0.2, 0.25) is 0 Å². The van der Waals surface area contributed by atoms with Crippen molar-refractivity contribution in [1.82, 2.24) is 4.90 Å². The molecular weight excluding hydrogens is 424 g/mol. The van der Waals surface area contributed by atoms with E-state index in [0.29, 0.717) is 12.2 Å². The van der Waals surface area contributed by atoms with Crippen molar-refractivity contribution in [2.75, 3.05) is 33.0 Å². The van der Waals surface area contributed by atoms with Gasteiger partial charge in [0.2, 0.25) is 0 Å². The molecule has 0 unspecified atom stereocenters. The van der Waals surface area contributed by atoms with E-state index in [1.807, 2.05) is 30.3 Å². The Balaban J connectivity index is 2.10. The molecule has 33 heavy (non-hydrogen) atoms. The highest BCUT2D eigenvalue weighted by atomic mass is 16.6. The lowest BCUT2D eigenvalue weighted by molar-refractivity contribution is -0.142. The van der Waals surface area contributed by atoms with Crippen LogP contribution >= 0.6 is 0 Å². The molecule has 1 aliphatic rings. The van der Waals surface area contributed by atoms with Gasteiger partial charge in [-0.3, -0.25) is 19.3 Å². The molecule has 8 heteroatoms. The summed E-state index contributed by atoms with van der Waals surface area (Å²) in [6, 6.07) is 9.22. The van der Waals surface area contributed by atoms with Crippen LogP contribution in [0.3, 0.4) is 0 Å². The van der Waals surface area contributed by atoms with Crippen molar-refractivity contribution in [2.24, 2.45) is 0 Å². The maximum Gasteiger partial charge on any atom is 0.302 e. The first-order valence-corrected chi connectivity index (χ1v) is 11.0. The average molecular weight is 455 g/mol. The second kappa shape index (κ2) is 13.2. The molecule has 0 atom stereocenters. The zero-order chi connectivity index (χ0) is 24.2. The van der Waals surface area contributed by atoms with Gasteiger partial charge in [0.05, 0.1) is 26.4 Å². The van der Waals surface area contributed by atoms with Crippen LogP contribution in [-0.4, -0.2) is 55.7 Å². The number of carbonyl (C=O) groups excluding carboxylic acids is 3. The Labute approximate surface area is 194 Å². The minimum atomic E-state index is -0.642. The summed E-state index contributed by atoms with van der Waals surface area (Å²) >= 11 is 0. The highest BCUT2D eigenvalue weighted by Crippen LogP contribution is 2.27. The molecule has 0 aliphatic carbocycles. The maximum atomic E-state index is 13.0. The third-order valence-electron chi connectivity index (χ3n) is 5.03. The van der Waals surface area contributed by atoms with Crippen LogP contribution < -0.4 is 4.74 Å². The molecule has 0 aromatic heterocycles. The van der Waals surface area contributed by atoms with Crippen LogP contribution in [0.4, 0.5) is 0 Å². The predicted molar refractivity (Wildman–Crippen MR) is 122 cm³/mol. The number of carbonyl (C=O) groups is 3. The number of hydrogen-bond donors (Lipinski definition) is 0. The first-order chi connectivity index (χ1) is 15.9. The number of unbranched alkanes of at least 4 members (excludes halogenated alkanes) is 2. The highest BCUT2D eigenvalue weighted by molar-refractivity contribution is 6.19. The van der Waals surface area contributed by atoms with E-state index in [1.54, 1.807) is 13.0 Å². The molecule has 176 valence electrons. The summed E-state index contributed by atoms with van der Waals surface area (Å²) in [5.41, 5.74) is 1.31. The number of imide groups is 1. The van der Waals surface area contributed by atoms with Crippen LogP contribution in [0.15, 0.2) is 41.0 Å². The third kappa shape index (κ3) is 7.58. The minimum absolute atomic E-state index is 0.0158. The number of ether oxygens (including phenoxy) is 3. The second-order valence-electron chi connectivity index (χ2n) is 7.51. The fourth-order valence-electron chi connectivity index (χ4n) is 3.20. The van der Waals surface area contributed by atoms with E-state index in [0.717, 1.165) is 35.5 Å². The van der Waals surface area contributed by atoms with E-state index in [9.17, 15) is 19.6 Å². The summed E-state index contributed by atoms with van der Waals surface area (Å²) in [5, 5.41) is 9.48. The van der Waals surface area contributed by atoms with Gasteiger partial charge in [0.15, 0.2) is 0 Å². The predicted octanol–water partition coefficient (Wildman–Crippen LogP) is 3.43. The first-order valence-electron chi connectivity index (χ1n) is 11.0. The van der Waals surface area contributed by atoms with Crippen molar-refractivity contribution in [3.8, 4) is 11.8 Å². The molecular formula is C25H30N2O6. The zero-order valence-electron chi connectivity index (χ0n) is 19.4. The van der Waals surface area contributed by atoms with Gasteiger partial charge in [-0.05, 0) is 42.7 Å². The lowest BCUT2D eigenvalue weighted by Crippen LogP contribution is -2.44. The van der Waals surface area contributed by atoms with Crippen molar-refractivity contribution in [2.45, 2.75) is 40.0 Å². The largest absolute Gasteiger partial charge is 0.494 e. The van der Waals surface area contributed by atoms with Crippen molar-refractivity contribution < 1.29 is 28.6 Å². The number of benzene rings is 1. The second-order valence-corrected chi connectivity index (χ2v) is 7.51. The van der Waals surface area contributed by atoms with Crippen LogP contribution in [0.25, 0.3) is 6.08 Å². The number of hydrogen-bond acceptors (Lipinski definition) is 7. The van der Waals surface area contributed by atoms with Gasteiger partial charge in [0.1, 0.15) is 24.0 Å². The van der Waals surface area contributed by atoms with Crippen molar-refractivity contribution in [1.29, 1.82) is 5.26 Å². The molecule has 1 aliphatic heterocycles. The number of nitriles is 1. The molecule has 1 aromatic rings. The Morgan fingerprint density at radius 1 is 1.06 bits per heavy atom. The van der Waals surface area contributed by atoms with Crippen LogP contribution in [0.5, 0.6) is 5.75 Å². The SMILES string of the molecule is CCCCCOc1ccc(/C=C2/C(=O)N(CCOCCOC(C)=O)C(=O)C(C#N)=C2C)cc1. The third-order valence-corrected chi connectivity index (χ3v) is 5.03. The molecule has 0 saturated heterocycles.